The molecule has 0 radical (unpaired) electrons. The van der Waals surface area contributed by atoms with E-state index in [9.17, 15) is 18.4 Å². The SMILES string of the molecule is COc1cnc(C(F)F)cc1-c1cc(N2CCCC(C)(C)C2=O)ncc1C(=O)Nc1nnc(C#CC2CC2)s1. The number of hydrogen-bond acceptors (Lipinski definition) is 8. The minimum absolute atomic E-state index is 0.0769. The Labute approximate surface area is 228 Å². The number of ether oxygens (including phenoxy) is 1. The molecule has 0 bridgehead atoms. The highest BCUT2D eigenvalue weighted by molar-refractivity contribution is 7.15. The van der Waals surface area contributed by atoms with Gasteiger partial charge in [-0.15, -0.1) is 10.2 Å². The summed E-state index contributed by atoms with van der Waals surface area (Å²) < 4.78 is 32.6. The minimum atomic E-state index is -2.84. The van der Waals surface area contributed by atoms with E-state index in [2.05, 4.69) is 37.3 Å². The maximum atomic E-state index is 13.6. The van der Waals surface area contributed by atoms with E-state index in [1.54, 1.807) is 11.0 Å². The Bertz CT molecular complexity index is 1490. The lowest BCUT2D eigenvalue weighted by atomic mass is 9.83. The maximum Gasteiger partial charge on any atom is 0.280 e. The molecule has 0 atom stereocenters. The molecule has 1 saturated carbocycles. The zero-order valence-corrected chi connectivity index (χ0v) is 22.4. The van der Waals surface area contributed by atoms with Gasteiger partial charge in [0.15, 0.2) is 5.01 Å². The topological polar surface area (TPSA) is 110 Å². The van der Waals surface area contributed by atoms with E-state index in [0.717, 1.165) is 37.0 Å². The van der Waals surface area contributed by atoms with Gasteiger partial charge < -0.3 is 4.74 Å². The molecule has 202 valence electrons. The van der Waals surface area contributed by atoms with Crippen molar-refractivity contribution in [3.05, 3.63) is 40.8 Å². The number of nitrogens with zero attached hydrogens (tertiary/aromatic N) is 5. The molecule has 0 spiro atoms. The zero-order chi connectivity index (χ0) is 27.7. The smallest absolute Gasteiger partial charge is 0.280 e. The minimum Gasteiger partial charge on any atom is -0.494 e. The number of carbonyl (C=O) groups is 2. The maximum absolute atomic E-state index is 13.6. The summed E-state index contributed by atoms with van der Waals surface area (Å²) in [7, 11) is 1.38. The molecular formula is C27H26F2N6O3S. The predicted octanol–water partition coefficient (Wildman–Crippen LogP) is 5.11. The van der Waals surface area contributed by atoms with E-state index in [4.69, 9.17) is 4.74 Å². The summed E-state index contributed by atoms with van der Waals surface area (Å²) >= 11 is 1.13. The highest BCUT2D eigenvalue weighted by Crippen LogP contribution is 2.38. The number of halogens is 2. The van der Waals surface area contributed by atoms with Crippen LogP contribution in [0.25, 0.3) is 11.1 Å². The highest BCUT2D eigenvalue weighted by atomic mass is 32.1. The van der Waals surface area contributed by atoms with Crippen LogP contribution in [0.15, 0.2) is 24.5 Å². The van der Waals surface area contributed by atoms with Crippen LogP contribution < -0.4 is 15.0 Å². The molecule has 12 heteroatoms. The third kappa shape index (κ3) is 5.73. The van der Waals surface area contributed by atoms with Crippen LogP contribution in [0.4, 0.5) is 19.7 Å². The van der Waals surface area contributed by atoms with E-state index in [1.807, 2.05) is 13.8 Å². The fourth-order valence-corrected chi connectivity index (χ4v) is 4.90. The Kier molecular flexibility index (Phi) is 7.27. The van der Waals surface area contributed by atoms with Gasteiger partial charge in [-0.1, -0.05) is 31.1 Å². The first-order chi connectivity index (χ1) is 18.7. The Balaban J connectivity index is 1.55. The first-order valence-electron chi connectivity index (χ1n) is 12.5. The predicted molar refractivity (Wildman–Crippen MR) is 142 cm³/mol. The second-order valence-corrected chi connectivity index (χ2v) is 11.0. The van der Waals surface area contributed by atoms with Gasteiger partial charge >= 0.3 is 0 Å². The number of piperidine rings is 1. The van der Waals surface area contributed by atoms with Gasteiger partial charge in [0.25, 0.3) is 12.3 Å². The van der Waals surface area contributed by atoms with Crippen molar-refractivity contribution >= 4 is 34.1 Å². The number of aromatic nitrogens is 4. The molecule has 1 N–H and O–H groups in total. The summed E-state index contributed by atoms with van der Waals surface area (Å²) in [6, 6.07) is 2.73. The van der Waals surface area contributed by atoms with Crippen LogP contribution in [0.3, 0.4) is 0 Å². The molecule has 1 aliphatic heterocycles. The molecule has 5 rings (SSSR count). The third-order valence-electron chi connectivity index (χ3n) is 6.65. The Morgan fingerprint density at radius 2 is 2.00 bits per heavy atom. The summed E-state index contributed by atoms with van der Waals surface area (Å²) in [6.45, 7) is 4.19. The number of nitrogens with one attached hydrogen (secondary N) is 1. The van der Waals surface area contributed by atoms with Gasteiger partial charge in [-0.3, -0.25) is 24.8 Å². The fraction of sp³-hybridized carbons (Fsp3) is 0.407. The largest absolute Gasteiger partial charge is 0.494 e. The molecule has 2 fully saturated rings. The van der Waals surface area contributed by atoms with Crippen molar-refractivity contribution in [3.63, 3.8) is 0 Å². The first kappa shape index (κ1) is 26.6. The number of hydrogen-bond donors (Lipinski definition) is 1. The van der Waals surface area contributed by atoms with Gasteiger partial charge in [0.1, 0.15) is 17.3 Å². The normalized spacial score (nSPS) is 16.6. The molecule has 39 heavy (non-hydrogen) atoms. The standard InChI is InChI=1S/C27H26F2N6O3S/c1-27(2)9-4-10-35(25(27)37)21-12-16(17-11-19(23(28)29)30-14-20(17)38-3)18(13-31-21)24(36)32-26-34-33-22(39-26)8-7-15-5-6-15/h11-15,23H,4-6,9-10H2,1-3H3,(H,32,34,36). The van der Waals surface area contributed by atoms with Gasteiger partial charge in [-0.25, -0.2) is 13.8 Å². The number of anilines is 2. The molecule has 1 saturated heterocycles. The molecule has 2 aliphatic rings. The van der Waals surface area contributed by atoms with Crippen LogP contribution in [-0.4, -0.2) is 45.6 Å². The summed E-state index contributed by atoms with van der Waals surface area (Å²) in [6.07, 6.45) is 3.33. The van der Waals surface area contributed by atoms with Gasteiger partial charge in [0.05, 0.1) is 18.9 Å². The number of alkyl halides is 2. The zero-order valence-electron chi connectivity index (χ0n) is 21.6. The van der Waals surface area contributed by atoms with Crippen LogP contribution in [0, 0.1) is 23.2 Å². The lowest BCUT2D eigenvalue weighted by Gasteiger charge is -2.36. The van der Waals surface area contributed by atoms with Crippen LogP contribution in [0.5, 0.6) is 5.75 Å². The van der Waals surface area contributed by atoms with Gasteiger partial charge in [-0.2, -0.15) is 0 Å². The lowest BCUT2D eigenvalue weighted by Crippen LogP contribution is -2.46. The quantitative estimate of drug-likeness (QED) is 0.423. The average Bonchev–Trinajstić information content (AvgIpc) is 3.65. The van der Waals surface area contributed by atoms with Crippen molar-refractivity contribution < 1.29 is 23.1 Å². The second kappa shape index (κ2) is 10.6. The third-order valence-corrected chi connectivity index (χ3v) is 7.40. The number of rotatable bonds is 6. The summed E-state index contributed by atoms with van der Waals surface area (Å²) in [4.78, 5) is 36.4. The first-order valence-corrected chi connectivity index (χ1v) is 13.3. The van der Waals surface area contributed by atoms with Gasteiger partial charge in [0.2, 0.25) is 11.0 Å². The van der Waals surface area contributed by atoms with E-state index in [0.29, 0.717) is 23.3 Å². The van der Waals surface area contributed by atoms with Gasteiger partial charge in [0, 0.05) is 35.2 Å². The number of carbonyl (C=O) groups excluding carboxylic acids is 2. The summed E-state index contributed by atoms with van der Waals surface area (Å²) in [5.41, 5.74) is -0.506. The van der Waals surface area contributed by atoms with Crippen molar-refractivity contribution in [1.29, 1.82) is 0 Å². The molecular weight excluding hydrogens is 526 g/mol. The monoisotopic (exact) mass is 552 g/mol. The number of pyridine rings is 2. The van der Waals surface area contributed by atoms with Crippen molar-refractivity contribution in [1.82, 2.24) is 20.2 Å². The van der Waals surface area contributed by atoms with Gasteiger partial charge in [-0.05, 0) is 43.7 Å². The molecule has 0 aromatic carbocycles. The summed E-state index contributed by atoms with van der Waals surface area (Å²) in [5, 5.41) is 11.4. The highest BCUT2D eigenvalue weighted by Gasteiger charge is 2.37. The number of amides is 2. The van der Waals surface area contributed by atoms with Crippen molar-refractivity contribution in [2.45, 2.75) is 46.0 Å². The molecule has 2 amide bonds. The second-order valence-electron chi connectivity index (χ2n) is 10.1. The average molecular weight is 553 g/mol. The molecule has 1 aliphatic carbocycles. The van der Waals surface area contributed by atoms with E-state index in [1.165, 1.54) is 25.6 Å². The molecule has 9 nitrogen and oxygen atoms in total. The van der Waals surface area contributed by atoms with Crippen LogP contribution in [-0.2, 0) is 4.79 Å². The van der Waals surface area contributed by atoms with E-state index >= 15 is 0 Å². The molecule has 0 unspecified atom stereocenters. The van der Waals surface area contributed by atoms with Crippen molar-refractivity contribution in [2.75, 3.05) is 23.9 Å². The fourth-order valence-electron chi connectivity index (χ4n) is 4.30. The van der Waals surface area contributed by atoms with Crippen molar-refractivity contribution in [3.8, 4) is 28.7 Å². The Morgan fingerprint density at radius 3 is 2.72 bits per heavy atom. The van der Waals surface area contributed by atoms with E-state index < -0.39 is 23.4 Å². The van der Waals surface area contributed by atoms with E-state index in [-0.39, 0.29) is 33.5 Å². The van der Waals surface area contributed by atoms with Crippen molar-refractivity contribution in [2.24, 2.45) is 11.3 Å². The van der Waals surface area contributed by atoms with Crippen LogP contribution in [0.2, 0.25) is 0 Å². The van der Waals surface area contributed by atoms with Crippen LogP contribution in [0.1, 0.15) is 67.0 Å². The Hall–Kier alpha value is -3.98. The number of methoxy groups -OCH3 is 1. The molecule has 3 aromatic heterocycles. The lowest BCUT2D eigenvalue weighted by molar-refractivity contribution is -0.128. The molecule has 4 heterocycles. The Morgan fingerprint density at radius 1 is 1.21 bits per heavy atom. The summed E-state index contributed by atoms with van der Waals surface area (Å²) in [5.74, 6) is 6.27. The molecule has 3 aromatic rings. The van der Waals surface area contributed by atoms with Crippen LogP contribution >= 0.6 is 11.3 Å².